The quantitative estimate of drug-likeness (QED) is 0.552. The van der Waals surface area contributed by atoms with Crippen LogP contribution >= 0.6 is 0 Å². The number of nitroso groups, excluding NO2 is 1. The molecule has 0 aliphatic rings. The number of nitrogens with zero attached hydrogens (tertiary/aromatic N) is 1. The van der Waals surface area contributed by atoms with Gasteiger partial charge in [-0.1, -0.05) is 0 Å². The fourth-order valence-electron chi connectivity index (χ4n) is 0.589. The molecule has 0 radical (unpaired) electrons. The predicted octanol–water partition coefficient (Wildman–Crippen LogP) is 1.10. The van der Waals surface area contributed by atoms with E-state index >= 15 is 0 Å². The van der Waals surface area contributed by atoms with Crippen LogP contribution in [0.5, 0.6) is 11.5 Å². The first-order valence-corrected chi connectivity index (χ1v) is 3.04. The topological polar surface area (TPSA) is 90.1 Å². The largest absolute Gasteiger partial charge is 0.508 e. The lowest BCUT2D eigenvalue weighted by atomic mass is 10.3. The highest BCUT2D eigenvalue weighted by molar-refractivity contribution is 5.53. The third kappa shape index (κ3) is 2.55. The van der Waals surface area contributed by atoms with Crippen LogP contribution in [0.2, 0.25) is 0 Å². The number of aliphatic hydroxyl groups is 1. The highest BCUT2D eigenvalue weighted by atomic mass is 16.3. The monoisotopic (exact) mass is 171 g/mol. The van der Waals surface area contributed by atoms with Crippen molar-refractivity contribution >= 4 is 5.69 Å². The molecule has 1 aromatic rings. The molecule has 0 amide bonds. The van der Waals surface area contributed by atoms with Crippen molar-refractivity contribution in [2.24, 2.45) is 5.18 Å². The van der Waals surface area contributed by atoms with Crippen molar-refractivity contribution < 1.29 is 15.3 Å². The van der Waals surface area contributed by atoms with E-state index in [1.54, 1.807) is 0 Å². The lowest BCUT2D eigenvalue weighted by Crippen LogP contribution is -1.66. The summed E-state index contributed by atoms with van der Waals surface area (Å²) in [6, 6.07) is 3.56. The van der Waals surface area contributed by atoms with Crippen LogP contribution in [0, 0.1) is 4.91 Å². The van der Waals surface area contributed by atoms with Gasteiger partial charge in [0.2, 0.25) is 0 Å². The van der Waals surface area contributed by atoms with Crippen molar-refractivity contribution in [3.63, 3.8) is 0 Å². The summed E-state index contributed by atoms with van der Waals surface area (Å²) in [4.78, 5) is 9.85. The van der Waals surface area contributed by atoms with Gasteiger partial charge in [-0.2, -0.15) is 0 Å². The number of phenolic OH excluding ortho intramolecular Hbond substituents is 2. The zero-order valence-corrected chi connectivity index (χ0v) is 6.43. The lowest BCUT2D eigenvalue weighted by Gasteiger charge is -1.94. The van der Waals surface area contributed by atoms with Gasteiger partial charge in [0.25, 0.3) is 0 Å². The minimum Gasteiger partial charge on any atom is -0.508 e. The molecule has 1 rings (SSSR count). The Kier molecular flexibility index (Phi) is 4.40. The average Bonchev–Trinajstić information content (AvgIpc) is 2.08. The van der Waals surface area contributed by atoms with Crippen molar-refractivity contribution in [2.45, 2.75) is 0 Å². The van der Waals surface area contributed by atoms with Crippen LogP contribution in [0.4, 0.5) is 5.69 Å². The smallest absolute Gasteiger partial charge is 0.149 e. The van der Waals surface area contributed by atoms with Gasteiger partial charge in [0.15, 0.2) is 0 Å². The van der Waals surface area contributed by atoms with Gasteiger partial charge in [0, 0.05) is 13.2 Å². The second-order valence-corrected chi connectivity index (χ2v) is 1.76. The maximum atomic E-state index is 9.85. The molecule has 0 atom stereocenters. The zero-order chi connectivity index (χ0) is 9.56. The van der Waals surface area contributed by atoms with Crippen molar-refractivity contribution in [3.8, 4) is 11.5 Å². The molecule has 1 aromatic carbocycles. The van der Waals surface area contributed by atoms with Crippen LogP contribution in [0.25, 0.3) is 0 Å². The normalized spacial score (nSPS) is 8.17. The van der Waals surface area contributed by atoms with Crippen LogP contribution in [-0.4, -0.2) is 22.4 Å². The minimum absolute atomic E-state index is 0.0715. The molecule has 0 fully saturated rings. The van der Waals surface area contributed by atoms with Gasteiger partial charge in [0.05, 0.1) is 0 Å². The van der Waals surface area contributed by atoms with Crippen molar-refractivity contribution in [1.29, 1.82) is 0 Å². The second kappa shape index (κ2) is 5.09. The van der Waals surface area contributed by atoms with E-state index in [-0.39, 0.29) is 17.2 Å². The lowest BCUT2D eigenvalue weighted by molar-refractivity contribution is 0.399. The summed E-state index contributed by atoms with van der Waals surface area (Å²) in [5.74, 6) is -0.403. The molecule has 0 saturated carbocycles. The third-order valence-corrected chi connectivity index (χ3v) is 1.06. The molecule has 0 aliphatic carbocycles. The molecule has 66 valence electrons. The molecule has 5 heteroatoms. The maximum absolute atomic E-state index is 9.85. The maximum Gasteiger partial charge on any atom is 0.149 e. The number of aromatic hydroxyl groups is 2. The molecule has 12 heavy (non-hydrogen) atoms. The number of hydrogen-bond acceptors (Lipinski definition) is 5. The molecule has 0 bridgehead atoms. The Hall–Kier alpha value is -1.62. The summed E-state index contributed by atoms with van der Waals surface area (Å²) in [6.07, 6.45) is 0. The molecule has 0 saturated heterocycles. The Morgan fingerprint density at radius 3 is 2.25 bits per heavy atom. The summed E-state index contributed by atoms with van der Waals surface area (Å²) in [6.45, 7) is 0. The number of benzene rings is 1. The van der Waals surface area contributed by atoms with Gasteiger partial charge in [-0.05, 0) is 17.3 Å². The van der Waals surface area contributed by atoms with Gasteiger partial charge < -0.3 is 15.3 Å². The standard InChI is InChI=1S/C6H5NO3.CH4O/c8-4-1-2-5(7-10)6(9)3-4;1-2/h1-3,8-9H;2H,1H3. The Morgan fingerprint density at radius 1 is 1.25 bits per heavy atom. The first-order chi connectivity index (χ1) is 5.74. The highest BCUT2D eigenvalue weighted by Crippen LogP contribution is 2.28. The molecule has 0 aromatic heterocycles. The predicted molar refractivity (Wildman–Crippen MR) is 43.4 cm³/mol. The van der Waals surface area contributed by atoms with E-state index in [1.807, 2.05) is 0 Å². The Morgan fingerprint density at radius 2 is 1.83 bits per heavy atom. The van der Waals surface area contributed by atoms with Crippen LogP contribution in [0.1, 0.15) is 0 Å². The van der Waals surface area contributed by atoms with E-state index in [2.05, 4.69) is 5.18 Å². The number of rotatable bonds is 1. The van der Waals surface area contributed by atoms with E-state index in [1.165, 1.54) is 12.1 Å². The van der Waals surface area contributed by atoms with Crippen LogP contribution in [-0.2, 0) is 0 Å². The van der Waals surface area contributed by atoms with E-state index < -0.39 is 0 Å². The summed E-state index contributed by atoms with van der Waals surface area (Å²) in [5, 5.41) is 27.1. The second-order valence-electron chi connectivity index (χ2n) is 1.76. The first-order valence-electron chi connectivity index (χ1n) is 3.04. The molecule has 3 N–H and O–H groups in total. The summed E-state index contributed by atoms with van der Waals surface area (Å²) < 4.78 is 0. The van der Waals surface area contributed by atoms with Crippen molar-refractivity contribution in [1.82, 2.24) is 0 Å². The van der Waals surface area contributed by atoms with Gasteiger partial charge in [-0.3, -0.25) is 0 Å². The van der Waals surface area contributed by atoms with Gasteiger partial charge in [-0.25, -0.2) is 0 Å². The minimum atomic E-state index is -0.310. The van der Waals surface area contributed by atoms with E-state index in [9.17, 15) is 4.91 Å². The average molecular weight is 171 g/mol. The number of phenols is 2. The van der Waals surface area contributed by atoms with Crippen LogP contribution in [0.3, 0.4) is 0 Å². The van der Waals surface area contributed by atoms with Crippen molar-refractivity contribution in [3.05, 3.63) is 23.1 Å². The van der Waals surface area contributed by atoms with Crippen molar-refractivity contribution in [2.75, 3.05) is 7.11 Å². The Balaban J connectivity index is 0.000000561. The van der Waals surface area contributed by atoms with Gasteiger partial charge in [0.1, 0.15) is 17.2 Å². The summed E-state index contributed by atoms with van der Waals surface area (Å²) >= 11 is 0. The number of aliphatic hydroxyl groups excluding tert-OH is 1. The van der Waals surface area contributed by atoms with Gasteiger partial charge >= 0.3 is 0 Å². The van der Waals surface area contributed by atoms with E-state index in [0.717, 1.165) is 13.2 Å². The molecule has 0 heterocycles. The first kappa shape index (κ1) is 10.4. The number of hydrogen-bond donors (Lipinski definition) is 3. The third-order valence-electron chi connectivity index (χ3n) is 1.06. The van der Waals surface area contributed by atoms with Crippen LogP contribution < -0.4 is 0 Å². The molecular weight excluding hydrogens is 162 g/mol. The molecule has 0 spiro atoms. The SMILES string of the molecule is CO.O=Nc1ccc(O)cc1O. The summed E-state index contributed by atoms with van der Waals surface area (Å²) in [7, 11) is 1.00. The molecule has 0 aliphatic heterocycles. The summed E-state index contributed by atoms with van der Waals surface area (Å²) in [5.41, 5.74) is -0.0715. The van der Waals surface area contributed by atoms with E-state index in [4.69, 9.17) is 15.3 Å². The molecule has 5 nitrogen and oxygen atoms in total. The van der Waals surface area contributed by atoms with Crippen LogP contribution in [0.15, 0.2) is 23.4 Å². The fourth-order valence-corrected chi connectivity index (χ4v) is 0.589. The highest BCUT2D eigenvalue weighted by Gasteiger charge is 1.99. The Bertz CT molecular complexity index is 262. The molecule has 0 unspecified atom stereocenters. The fraction of sp³-hybridized carbons (Fsp3) is 0.143. The zero-order valence-electron chi connectivity index (χ0n) is 6.43. The van der Waals surface area contributed by atoms with E-state index in [0.29, 0.717) is 0 Å². The van der Waals surface area contributed by atoms with Gasteiger partial charge in [-0.15, -0.1) is 4.91 Å². The Labute approximate surface area is 68.9 Å². The molecular formula is C7H9NO4.